The van der Waals surface area contributed by atoms with Gasteiger partial charge in [-0.3, -0.25) is 14.5 Å². The molecule has 2 rings (SSSR count). The van der Waals surface area contributed by atoms with E-state index < -0.39 is 11.6 Å². The number of likely N-dealkylation sites (tertiary alicyclic amines) is 1. The summed E-state index contributed by atoms with van der Waals surface area (Å²) < 4.78 is 0. The number of hydrogen-bond acceptors (Lipinski definition) is 3. The lowest BCUT2D eigenvalue weighted by Gasteiger charge is -2.19. The molecular weight excluding hydrogens is 222 g/mol. The molecule has 17 heavy (non-hydrogen) atoms. The second kappa shape index (κ2) is 4.01. The lowest BCUT2D eigenvalue weighted by molar-refractivity contribution is -0.137. The molecule has 0 bridgehead atoms. The molecule has 1 N–H and O–H groups in total. The Bertz CT molecular complexity index is 372. The highest BCUT2D eigenvalue weighted by Crippen LogP contribution is 2.17. The van der Waals surface area contributed by atoms with Gasteiger partial charge in [0.25, 0.3) is 5.91 Å². The van der Waals surface area contributed by atoms with Crippen LogP contribution in [0.5, 0.6) is 0 Å². The number of imide groups is 1. The van der Waals surface area contributed by atoms with Crippen molar-refractivity contribution in [3.05, 3.63) is 0 Å². The van der Waals surface area contributed by atoms with E-state index in [2.05, 4.69) is 5.32 Å². The summed E-state index contributed by atoms with van der Waals surface area (Å²) in [6, 6.07) is -0.479. The van der Waals surface area contributed by atoms with Gasteiger partial charge < -0.3 is 10.2 Å². The summed E-state index contributed by atoms with van der Waals surface area (Å²) >= 11 is 0. The van der Waals surface area contributed by atoms with E-state index in [1.54, 1.807) is 18.7 Å². The van der Waals surface area contributed by atoms with Gasteiger partial charge in [-0.15, -0.1) is 0 Å². The zero-order valence-corrected chi connectivity index (χ0v) is 10.2. The molecule has 2 heterocycles. The molecule has 0 aliphatic carbocycles. The average molecular weight is 239 g/mol. The van der Waals surface area contributed by atoms with Crippen molar-refractivity contribution in [2.75, 3.05) is 19.6 Å². The van der Waals surface area contributed by atoms with Gasteiger partial charge in [0.05, 0.1) is 0 Å². The van der Waals surface area contributed by atoms with Crippen molar-refractivity contribution in [3.8, 4) is 0 Å². The Hall–Kier alpha value is -1.59. The largest absolute Gasteiger partial charge is 0.341 e. The number of nitrogens with zero attached hydrogens (tertiary/aromatic N) is 2. The van der Waals surface area contributed by atoms with Crippen LogP contribution >= 0.6 is 0 Å². The van der Waals surface area contributed by atoms with Crippen molar-refractivity contribution in [2.24, 2.45) is 0 Å². The third-order valence-electron chi connectivity index (χ3n) is 3.20. The number of amides is 4. The Morgan fingerprint density at radius 1 is 1.29 bits per heavy atom. The molecule has 0 radical (unpaired) electrons. The van der Waals surface area contributed by atoms with E-state index in [0.29, 0.717) is 0 Å². The number of hydrogen-bond donors (Lipinski definition) is 1. The Morgan fingerprint density at radius 3 is 2.35 bits per heavy atom. The maximum Gasteiger partial charge on any atom is 0.325 e. The second-order valence-electron chi connectivity index (χ2n) is 5.03. The van der Waals surface area contributed by atoms with Crippen LogP contribution in [0.3, 0.4) is 0 Å². The summed E-state index contributed by atoms with van der Waals surface area (Å²) in [6.45, 7) is 4.58. The standard InChI is InChI=1S/C11H17N3O3/c1-11(2)9(16)14(10(17)12-11)7-8(15)13-5-3-4-6-13/h3-7H2,1-2H3,(H,12,17). The van der Waals surface area contributed by atoms with Crippen LogP contribution in [0, 0.1) is 0 Å². The van der Waals surface area contributed by atoms with Crippen LogP contribution in [0.2, 0.25) is 0 Å². The molecule has 0 aromatic carbocycles. The Kier molecular flexibility index (Phi) is 2.81. The van der Waals surface area contributed by atoms with Crippen molar-refractivity contribution >= 4 is 17.8 Å². The first-order valence-corrected chi connectivity index (χ1v) is 5.84. The highest BCUT2D eigenvalue weighted by atomic mass is 16.2. The van der Waals surface area contributed by atoms with Crippen LogP contribution in [-0.4, -0.2) is 52.8 Å². The first-order chi connectivity index (χ1) is 7.92. The van der Waals surface area contributed by atoms with Crippen molar-refractivity contribution in [1.82, 2.24) is 15.1 Å². The van der Waals surface area contributed by atoms with Gasteiger partial charge in [-0.1, -0.05) is 0 Å². The molecule has 0 unspecified atom stereocenters. The summed E-state index contributed by atoms with van der Waals surface area (Å²) in [6.07, 6.45) is 1.99. The van der Waals surface area contributed by atoms with Crippen molar-refractivity contribution in [3.63, 3.8) is 0 Å². The Morgan fingerprint density at radius 2 is 1.88 bits per heavy atom. The molecule has 0 atom stereocenters. The predicted octanol–water partition coefficient (Wildman–Crippen LogP) is -0.0608. The molecule has 94 valence electrons. The molecular formula is C11H17N3O3. The molecule has 4 amide bonds. The van der Waals surface area contributed by atoms with Crippen LogP contribution < -0.4 is 5.32 Å². The van der Waals surface area contributed by atoms with Gasteiger partial charge in [0, 0.05) is 13.1 Å². The predicted molar refractivity (Wildman–Crippen MR) is 60.1 cm³/mol. The fourth-order valence-corrected chi connectivity index (χ4v) is 2.16. The van der Waals surface area contributed by atoms with Gasteiger partial charge in [-0.2, -0.15) is 0 Å². The summed E-state index contributed by atoms with van der Waals surface area (Å²) in [5, 5.41) is 2.56. The van der Waals surface area contributed by atoms with E-state index in [4.69, 9.17) is 0 Å². The molecule has 0 saturated carbocycles. The lowest BCUT2D eigenvalue weighted by atomic mass is 10.1. The number of carbonyl (C=O) groups excluding carboxylic acids is 3. The van der Waals surface area contributed by atoms with Gasteiger partial charge >= 0.3 is 6.03 Å². The first kappa shape index (κ1) is 11.9. The number of nitrogens with one attached hydrogen (secondary N) is 1. The van der Waals surface area contributed by atoms with E-state index in [9.17, 15) is 14.4 Å². The van der Waals surface area contributed by atoms with Gasteiger partial charge in [0.1, 0.15) is 12.1 Å². The molecule has 2 saturated heterocycles. The van der Waals surface area contributed by atoms with E-state index in [0.717, 1.165) is 30.8 Å². The van der Waals surface area contributed by atoms with Crippen LogP contribution in [-0.2, 0) is 9.59 Å². The van der Waals surface area contributed by atoms with Crippen LogP contribution in [0.15, 0.2) is 0 Å². The second-order valence-corrected chi connectivity index (χ2v) is 5.03. The van der Waals surface area contributed by atoms with E-state index in [1.807, 2.05) is 0 Å². The normalized spacial score (nSPS) is 23.2. The third-order valence-corrected chi connectivity index (χ3v) is 3.20. The third kappa shape index (κ3) is 2.11. The first-order valence-electron chi connectivity index (χ1n) is 5.84. The molecule has 0 aromatic heterocycles. The number of urea groups is 1. The Balaban J connectivity index is 2.01. The summed E-state index contributed by atoms with van der Waals surface area (Å²) in [7, 11) is 0. The van der Waals surface area contributed by atoms with Gasteiger partial charge in [-0.25, -0.2) is 4.79 Å². The van der Waals surface area contributed by atoms with E-state index in [-0.39, 0.29) is 18.4 Å². The minimum atomic E-state index is -0.900. The van der Waals surface area contributed by atoms with Crippen molar-refractivity contribution < 1.29 is 14.4 Å². The van der Waals surface area contributed by atoms with E-state index in [1.165, 1.54) is 0 Å². The zero-order valence-electron chi connectivity index (χ0n) is 10.2. The monoisotopic (exact) mass is 239 g/mol. The Labute approximate surface area is 99.9 Å². The lowest BCUT2D eigenvalue weighted by Crippen LogP contribution is -2.43. The van der Waals surface area contributed by atoms with E-state index >= 15 is 0 Å². The highest BCUT2D eigenvalue weighted by molar-refractivity contribution is 6.08. The maximum absolute atomic E-state index is 11.9. The molecule has 0 aromatic rings. The van der Waals surface area contributed by atoms with Crippen LogP contribution in [0.1, 0.15) is 26.7 Å². The summed E-state index contributed by atoms with van der Waals surface area (Å²) in [5.41, 5.74) is -0.900. The fourth-order valence-electron chi connectivity index (χ4n) is 2.16. The fraction of sp³-hybridized carbons (Fsp3) is 0.727. The number of carbonyl (C=O) groups is 3. The highest BCUT2D eigenvalue weighted by Gasteiger charge is 2.45. The maximum atomic E-state index is 11.9. The van der Waals surface area contributed by atoms with Gasteiger partial charge in [0.15, 0.2) is 0 Å². The smallest absolute Gasteiger partial charge is 0.325 e. The quantitative estimate of drug-likeness (QED) is 0.686. The van der Waals surface area contributed by atoms with Crippen LogP contribution in [0.25, 0.3) is 0 Å². The topological polar surface area (TPSA) is 69.7 Å². The SMILES string of the molecule is CC1(C)NC(=O)N(CC(=O)N2CCCC2)C1=O. The molecule has 0 spiro atoms. The number of rotatable bonds is 2. The van der Waals surface area contributed by atoms with Crippen LogP contribution in [0.4, 0.5) is 4.79 Å². The van der Waals surface area contributed by atoms with Crippen molar-refractivity contribution in [1.29, 1.82) is 0 Å². The minimum Gasteiger partial charge on any atom is -0.341 e. The molecule has 2 aliphatic heterocycles. The summed E-state index contributed by atoms with van der Waals surface area (Å²) in [4.78, 5) is 38.0. The molecule has 6 nitrogen and oxygen atoms in total. The van der Waals surface area contributed by atoms with Crippen molar-refractivity contribution in [2.45, 2.75) is 32.2 Å². The zero-order chi connectivity index (χ0) is 12.6. The molecule has 2 fully saturated rings. The average Bonchev–Trinajstić information content (AvgIpc) is 2.81. The summed E-state index contributed by atoms with van der Waals surface area (Å²) in [5.74, 6) is -0.487. The van der Waals surface area contributed by atoms with Gasteiger partial charge in [-0.05, 0) is 26.7 Å². The molecule has 2 aliphatic rings. The minimum absolute atomic E-state index is 0.145. The van der Waals surface area contributed by atoms with Gasteiger partial charge in [0.2, 0.25) is 5.91 Å². The molecule has 6 heteroatoms.